The first-order chi connectivity index (χ1) is 7.59. The molecule has 0 aliphatic rings. The lowest BCUT2D eigenvalue weighted by atomic mass is 10.1. The minimum absolute atomic E-state index is 0.171. The highest BCUT2D eigenvalue weighted by Gasteiger charge is 2.15. The van der Waals surface area contributed by atoms with Gasteiger partial charge in [0.25, 0.3) is 0 Å². The number of aryl methyl sites for hydroxylation is 1. The van der Waals surface area contributed by atoms with Gasteiger partial charge in [0, 0.05) is 22.2 Å². The highest BCUT2D eigenvalue weighted by atomic mass is 79.9. The third kappa shape index (κ3) is 2.21. The standard InChI is InChI=1S/C11H11Br2N3/c1-16-10(4-5-15-16)11(14)8-3-2-7(12)6-9(8)13/h2-6,11H,14H2,1H3. The highest BCUT2D eigenvalue weighted by Crippen LogP contribution is 2.28. The van der Waals surface area contributed by atoms with Crippen LogP contribution in [0.2, 0.25) is 0 Å². The molecule has 1 heterocycles. The van der Waals surface area contributed by atoms with Gasteiger partial charge in [0.1, 0.15) is 0 Å². The van der Waals surface area contributed by atoms with E-state index in [2.05, 4.69) is 37.0 Å². The fourth-order valence-corrected chi connectivity index (χ4v) is 2.90. The average Bonchev–Trinajstić information content (AvgIpc) is 2.63. The third-order valence-electron chi connectivity index (χ3n) is 2.48. The van der Waals surface area contributed by atoms with Gasteiger partial charge in [-0.15, -0.1) is 0 Å². The Balaban J connectivity index is 2.41. The predicted molar refractivity (Wildman–Crippen MR) is 71.1 cm³/mol. The van der Waals surface area contributed by atoms with Crippen molar-refractivity contribution < 1.29 is 0 Å². The van der Waals surface area contributed by atoms with Crippen molar-refractivity contribution in [2.75, 3.05) is 0 Å². The maximum absolute atomic E-state index is 6.21. The van der Waals surface area contributed by atoms with E-state index >= 15 is 0 Å². The summed E-state index contributed by atoms with van der Waals surface area (Å²) in [5.74, 6) is 0. The van der Waals surface area contributed by atoms with E-state index in [1.165, 1.54) is 0 Å². The van der Waals surface area contributed by atoms with E-state index < -0.39 is 0 Å². The molecule has 0 aliphatic heterocycles. The van der Waals surface area contributed by atoms with Crippen molar-refractivity contribution in [3.8, 4) is 0 Å². The zero-order chi connectivity index (χ0) is 11.7. The lowest BCUT2D eigenvalue weighted by Crippen LogP contribution is -2.16. The molecule has 0 saturated heterocycles. The van der Waals surface area contributed by atoms with Crippen LogP contribution in [0.1, 0.15) is 17.3 Å². The molecule has 1 aromatic carbocycles. The van der Waals surface area contributed by atoms with Gasteiger partial charge in [0.2, 0.25) is 0 Å². The predicted octanol–water partition coefficient (Wildman–Crippen LogP) is 2.99. The Hall–Kier alpha value is -0.650. The van der Waals surface area contributed by atoms with Crippen molar-refractivity contribution in [2.24, 2.45) is 12.8 Å². The molecule has 16 heavy (non-hydrogen) atoms. The molecule has 0 bridgehead atoms. The summed E-state index contributed by atoms with van der Waals surface area (Å²) < 4.78 is 3.81. The van der Waals surface area contributed by atoms with Gasteiger partial charge in [-0.05, 0) is 23.8 Å². The molecule has 1 atom stereocenters. The van der Waals surface area contributed by atoms with Gasteiger partial charge in [-0.25, -0.2) is 0 Å². The Kier molecular flexibility index (Phi) is 3.47. The number of hydrogen-bond donors (Lipinski definition) is 1. The zero-order valence-corrected chi connectivity index (χ0v) is 11.9. The lowest BCUT2D eigenvalue weighted by molar-refractivity contribution is 0.672. The number of hydrogen-bond acceptors (Lipinski definition) is 2. The van der Waals surface area contributed by atoms with Crippen LogP contribution in [0.3, 0.4) is 0 Å². The summed E-state index contributed by atoms with van der Waals surface area (Å²) in [5, 5.41) is 4.12. The van der Waals surface area contributed by atoms with Gasteiger partial charge in [-0.3, -0.25) is 4.68 Å². The first-order valence-electron chi connectivity index (χ1n) is 4.78. The fourth-order valence-electron chi connectivity index (χ4n) is 1.60. The average molecular weight is 345 g/mol. The van der Waals surface area contributed by atoms with Crippen LogP contribution in [0.5, 0.6) is 0 Å². The van der Waals surface area contributed by atoms with Gasteiger partial charge < -0.3 is 5.73 Å². The van der Waals surface area contributed by atoms with Gasteiger partial charge in [0.15, 0.2) is 0 Å². The summed E-state index contributed by atoms with van der Waals surface area (Å²) in [6, 6.07) is 7.74. The summed E-state index contributed by atoms with van der Waals surface area (Å²) >= 11 is 6.94. The molecule has 2 aromatic rings. The monoisotopic (exact) mass is 343 g/mol. The molecule has 0 fully saturated rings. The number of nitrogens with two attached hydrogens (primary N) is 1. The number of halogens is 2. The normalized spacial score (nSPS) is 12.8. The van der Waals surface area contributed by atoms with Gasteiger partial charge in [0.05, 0.1) is 11.7 Å². The van der Waals surface area contributed by atoms with Crippen molar-refractivity contribution in [3.63, 3.8) is 0 Å². The van der Waals surface area contributed by atoms with E-state index in [0.717, 1.165) is 20.2 Å². The molecule has 1 aromatic heterocycles. The Bertz CT molecular complexity index is 508. The van der Waals surface area contributed by atoms with Crippen LogP contribution >= 0.6 is 31.9 Å². The molecule has 3 nitrogen and oxygen atoms in total. The smallest absolute Gasteiger partial charge is 0.0734 e. The van der Waals surface area contributed by atoms with E-state index in [9.17, 15) is 0 Å². The largest absolute Gasteiger partial charge is 0.319 e. The maximum Gasteiger partial charge on any atom is 0.0734 e. The van der Waals surface area contributed by atoms with Gasteiger partial charge >= 0.3 is 0 Å². The third-order valence-corrected chi connectivity index (χ3v) is 3.66. The molecule has 84 valence electrons. The van der Waals surface area contributed by atoms with Crippen molar-refractivity contribution in [2.45, 2.75) is 6.04 Å². The van der Waals surface area contributed by atoms with Gasteiger partial charge in [-0.2, -0.15) is 5.10 Å². The van der Waals surface area contributed by atoms with Crippen molar-refractivity contribution in [1.82, 2.24) is 9.78 Å². The topological polar surface area (TPSA) is 43.8 Å². The molecule has 0 spiro atoms. The zero-order valence-electron chi connectivity index (χ0n) is 8.69. The molecular weight excluding hydrogens is 334 g/mol. The van der Waals surface area contributed by atoms with Crippen LogP contribution in [-0.2, 0) is 7.05 Å². The van der Waals surface area contributed by atoms with E-state index in [0.29, 0.717) is 0 Å². The van der Waals surface area contributed by atoms with E-state index in [4.69, 9.17) is 5.73 Å². The summed E-state index contributed by atoms with van der Waals surface area (Å²) in [7, 11) is 1.89. The second kappa shape index (κ2) is 4.69. The molecule has 0 aliphatic carbocycles. The second-order valence-electron chi connectivity index (χ2n) is 3.52. The Morgan fingerprint density at radius 1 is 1.31 bits per heavy atom. The molecule has 2 rings (SSSR count). The molecule has 5 heteroatoms. The Labute approximate surface area is 111 Å². The second-order valence-corrected chi connectivity index (χ2v) is 5.29. The Morgan fingerprint density at radius 3 is 2.62 bits per heavy atom. The molecule has 0 amide bonds. The first kappa shape index (κ1) is 11.8. The number of benzene rings is 1. The van der Waals surface area contributed by atoms with E-state index in [-0.39, 0.29) is 6.04 Å². The quantitative estimate of drug-likeness (QED) is 0.910. The van der Waals surface area contributed by atoms with Crippen LogP contribution < -0.4 is 5.73 Å². The number of rotatable bonds is 2. The van der Waals surface area contributed by atoms with Crippen molar-refractivity contribution >= 4 is 31.9 Å². The van der Waals surface area contributed by atoms with Gasteiger partial charge in [-0.1, -0.05) is 37.9 Å². The molecule has 0 radical (unpaired) electrons. The summed E-state index contributed by atoms with van der Waals surface area (Å²) in [4.78, 5) is 0. The Morgan fingerprint density at radius 2 is 2.06 bits per heavy atom. The highest BCUT2D eigenvalue weighted by molar-refractivity contribution is 9.11. The van der Waals surface area contributed by atoms with Crippen LogP contribution in [-0.4, -0.2) is 9.78 Å². The summed E-state index contributed by atoms with van der Waals surface area (Å²) in [6.45, 7) is 0. The van der Waals surface area contributed by atoms with Crippen molar-refractivity contribution in [3.05, 3.63) is 50.7 Å². The van der Waals surface area contributed by atoms with Crippen molar-refractivity contribution in [1.29, 1.82) is 0 Å². The minimum Gasteiger partial charge on any atom is -0.319 e. The lowest BCUT2D eigenvalue weighted by Gasteiger charge is -2.14. The van der Waals surface area contributed by atoms with Crippen LogP contribution in [0, 0.1) is 0 Å². The number of aromatic nitrogens is 2. The van der Waals surface area contributed by atoms with Crippen LogP contribution in [0.4, 0.5) is 0 Å². The van der Waals surface area contributed by atoms with E-state index in [1.807, 2.05) is 31.3 Å². The fraction of sp³-hybridized carbons (Fsp3) is 0.182. The summed E-state index contributed by atoms with van der Waals surface area (Å²) in [6.07, 6.45) is 1.75. The molecular formula is C11H11Br2N3. The first-order valence-corrected chi connectivity index (χ1v) is 6.36. The van der Waals surface area contributed by atoms with Crippen LogP contribution in [0.15, 0.2) is 39.4 Å². The maximum atomic E-state index is 6.21. The molecule has 1 unspecified atom stereocenters. The van der Waals surface area contributed by atoms with E-state index in [1.54, 1.807) is 10.9 Å². The van der Waals surface area contributed by atoms with Crippen LogP contribution in [0.25, 0.3) is 0 Å². The molecule has 2 N–H and O–H groups in total. The number of nitrogens with zero attached hydrogens (tertiary/aromatic N) is 2. The summed E-state index contributed by atoms with van der Waals surface area (Å²) in [5.41, 5.74) is 8.24. The molecule has 0 saturated carbocycles. The SMILES string of the molecule is Cn1nccc1C(N)c1ccc(Br)cc1Br. The minimum atomic E-state index is -0.171.